The third-order valence-corrected chi connectivity index (χ3v) is 2.13. The first kappa shape index (κ1) is 17.1. The van der Waals surface area contributed by atoms with Gasteiger partial charge in [-0.05, 0) is 13.8 Å². The van der Waals surface area contributed by atoms with E-state index in [-0.39, 0.29) is 24.0 Å². The van der Waals surface area contributed by atoms with Crippen LogP contribution >= 0.6 is 24.0 Å². The molecule has 2 N–H and O–H groups in total. The summed E-state index contributed by atoms with van der Waals surface area (Å²) in [6, 6.07) is 0. The first-order chi connectivity index (χ1) is 8.02. The van der Waals surface area contributed by atoms with Gasteiger partial charge in [-0.25, -0.2) is 13.8 Å². The zero-order valence-electron chi connectivity index (χ0n) is 10.5. The van der Waals surface area contributed by atoms with E-state index in [0.717, 1.165) is 11.5 Å². The fraction of sp³-hybridized carbons (Fsp3) is 0.600. The van der Waals surface area contributed by atoms with Gasteiger partial charge in [0, 0.05) is 7.05 Å². The second kappa shape index (κ2) is 8.22. The van der Waals surface area contributed by atoms with Crippen LogP contribution in [0.25, 0.3) is 0 Å². The van der Waals surface area contributed by atoms with Crippen LogP contribution in [-0.4, -0.2) is 31.0 Å². The molecule has 0 amide bonds. The Balaban J connectivity index is 0.00000289. The molecule has 0 bridgehead atoms. The van der Waals surface area contributed by atoms with Gasteiger partial charge in [-0.3, -0.25) is 4.99 Å². The molecule has 0 radical (unpaired) electrons. The standard InChI is InChI=1S/C10H16F2N4O.HI/c1-6-7(2)17-9(16-6)5-15-10(13-3)14-4-8(11)12;/h8H,4-5H2,1-3H3,(H2,13,14,15);1H. The van der Waals surface area contributed by atoms with E-state index in [1.807, 2.05) is 13.8 Å². The number of aromatic nitrogens is 1. The van der Waals surface area contributed by atoms with Crippen molar-refractivity contribution in [3.05, 3.63) is 17.3 Å². The monoisotopic (exact) mass is 374 g/mol. The number of aryl methyl sites for hydroxylation is 2. The van der Waals surface area contributed by atoms with E-state index in [0.29, 0.717) is 18.4 Å². The summed E-state index contributed by atoms with van der Waals surface area (Å²) in [6.45, 7) is 3.52. The normalized spacial score (nSPS) is 11.3. The Hall–Kier alpha value is -0.930. The Labute approximate surface area is 121 Å². The minimum Gasteiger partial charge on any atom is -0.444 e. The number of guanidine groups is 1. The van der Waals surface area contributed by atoms with Gasteiger partial charge in [-0.2, -0.15) is 0 Å². The summed E-state index contributed by atoms with van der Waals surface area (Å²) in [5, 5.41) is 5.31. The summed E-state index contributed by atoms with van der Waals surface area (Å²) in [6.07, 6.45) is -2.42. The lowest BCUT2D eigenvalue weighted by Gasteiger charge is -2.09. The van der Waals surface area contributed by atoms with Crippen LogP contribution in [0.4, 0.5) is 8.78 Å². The number of aliphatic imine (C=N–C) groups is 1. The smallest absolute Gasteiger partial charge is 0.255 e. The summed E-state index contributed by atoms with van der Waals surface area (Å²) in [5.74, 6) is 1.54. The van der Waals surface area contributed by atoms with Crippen molar-refractivity contribution in [2.75, 3.05) is 13.6 Å². The SMILES string of the molecule is CN=C(NCc1nc(C)c(C)o1)NCC(F)F.I. The van der Waals surface area contributed by atoms with E-state index >= 15 is 0 Å². The molecular formula is C10H17F2IN4O. The average Bonchev–Trinajstić information content (AvgIpc) is 2.58. The molecule has 0 saturated carbocycles. The molecular weight excluding hydrogens is 357 g/mol. The molecule has 0 aliphatic heterocycles. The minimum absolute atomic E-state index is 0. The van der Waals surface area contributed by atoms with E-state index in [1.54, 1.807) is 0 Å². The van der Waals surface area contributed by atoms with Crippen molar-refractivity contribution in [3.8, 4) is 0 Å². The molecule has 5 nitrogen and oxygen atoms in total. The van der Waals surface area contributed by atoms with Crippen molar-refractivity contribution >= 4 is 29.9 Å². The Morgan fingerprint density at radius 1 is 1.39 bits per heavy atom. The van der Waals surface area contributed by atoms with E-state index in [4.69, 9.17) is 4.42 Å². The maximum absolute atomic E-state index is 12.0. The molecule has 0 unspecified atom stereocenters. The fourth-order valence-electron chi connectivity index (χ4n) is 1.17. The van der Waals surface area contributed by atoms with E-state index in [9.17, 15) is 8.78 Å². The zero-order valence-corrected chi connectivity index (χ0v) is 12.8. The Morgan fingerprint density at radius 3 is 2.50 bits per heavy atom. The van der Waals surface area contributed by atoms with Gasteiger partial charge >= 0.3 is 0 Å². The fourth-order valence-corrected chi connectivity index (χ4v) is 1.17. The maximum atomic E-state index is 12.0. The number of halogens is 3. The molecule has 0 aliphatic rings. The van der Waals surface area contributed by atoms with Gasteiger partial charge in [-0.1, -0.05) is 0 Å². The second-order valence-corrected chi connectivity index (χ2v) is 3.45. The summed E-state index contributed by atoms with van der Waals surface area (Å²) >= 11 is 0. The first-order valence-electron chi connectivity index (χ1n) is 5.18. The molecule has 1 aromatic heterocycles. The number of alkyl halides is 2. The lowest BCUT2D eigenvalue weighted by molar-refractivity contribution is 0.152. The van der Waals surface area contributed by atoms with Crippen molar-refractivity contribution in [1.29, 1.82) is 0 Å². The van der Waals surface area contributed by atoms with Crippen molar-refractivity contribution < 1.29 is 13.2 Å². The molecule has 18 heavy (non-hydrogen) atoms. The molecule has 0 aliphatic carbocycles. The molecule has 104 valence electrons. The van der Waals surface area contributed by atoms with E-state index in [2.05, 4.69) is 20.6 Å². The number of oxazole rings is 1. The van der Waals surface area contributed by atoms with Gasteiger partial charge in [0.15, 0.2) is 5.96 Å². The molecule has 0 fully saturated rings. The Morgan fingerprint density at radius 2 is 2.06 bits per heavy atom. The maximum Gasteiger partial charge on any atom is 0.255 e. The van der Waals surface area contributed by atoms with Crippen LogP contribution in [0.3, 0.4) is 0 Å². The summed E-state index contributed by atoms with van der Waals surface area (Å²) < 4.78 is 29.3. The van der Waals surface area contributed by atoms with Gasteiger partial charge in [0.25, 0.3) is 6.43 Å². The predicted molar refractivity (Wildman–Crippen MR) is 75.6 cm³/mol. The highest BCUT2D eigenvalue weighted by Gasteiger charge is 2.07. The summed E-state index contributed by atoms with van der Waals surface area (Å²) in [7, 11) is 1.51. The third kappa shape index (κ3) is 5.61. The molecule has 0 spiro atoms. The van der Waals surface area contributed by atoms with Crippen molar-refractivity contribution in [3.63, 3.8) is 0 Å². The van der Waals surface area contributed by atoms with Crippen LogP contribution in [-0.2, 0) is 6.54 Å². The van der Waals surface area contributed by atoms with Crippen LogP contribution in [0.5, 0.6) is 0 Å². The van der Waals surface area contributed by atoms with E-state index in [1.165, 1.54) is 7.05 Å². The van der Waals surface area contributed by atoms with Gasteiger partial charge in [0.1, 0.15) is 5.76 Å². The molecule has 0 saturated heterocycles. The largest absolute Gasteiger partial charge is 0.444 e. The van der Waals surface area contributed by atoms with Gasteiger partial charge in [-0.15, -0.1) is 24.0 Å². The van der Waals surface area contributed by atoms with Crippen LogP contribution in [0.15, 0.2) is 9.41 Å². The van der Waals surface area contributed by atoms with Crippen LogP contribution in [0.1, 0.15) is 17.3 Å². The zero-order chi connectivity index (χ0) is 12.8. The number of nitrogens with one attached hydrogen (secondary N) is 2. The topological polar surface area (TPSA) is 62.5 Å². The molecule has 1 aromatic rings. The van der Waals surface area contributed by atoms with Gasteiger partial charge < -0.3 is 15.1 Å². The number of nitrogens with zero attached hydrogens (tertiary/aromatic N) is 2. The number of hydrogen-bond donors (Lipinski definition) is 2. The highest BCUT2D eigenvalue weighted by molar-refractivity contribution is 14.0. The summed E-state index contributed by atoms with van der Waals surface area (Å²) in [4.78, 5) is 7.95. The summed E-state index contributed by atoms with van der Waals surface area (Å²) in [5.41, 5.74) is 0.817. The second-order valence-electron chi connectivity index (χ2n) is 3.45. The predicted octanol–water partition coefficient (Wildman–Crippen LogP) is 1.84. The molecule has 1 rings (SSSR count). The highest BCUT2D eigenvalue weighted by Crippen LogP contribution is 2.07. The van der Waals surface area contributed by atoms with Crippen molar-refractivity contribution in [2.45, 2.75) is 26.8 Å². The van der Waals surface area contributed by atoms with Crippen molar-refractivity contribution in [1.82, 2.24) is 15.6 Å². The molecule has 8 heteroatoms. The third-order valence-electron chi connectivity index (χ3n) is 2.13. The molecule has 1 heterocycles. The van der Waals surface area contributed by atoms with Crippen LogP contribution < -0.4 is 10.6 Å². The number of rotatable bonds is 4. The quantitative estimate of drug-likeness (QED) is 0.480. The van der Waals surface area contributed by atoms with Crippen LogP contribution in [0, 0.1) is 13.8 Å². The Bertz CT molecular complexity index is 376. The van der Waals surface area contributed by atoms with Gasteiger partial charge in [0.2, 0.25) is 5.89 Å². The average molecular weight is 374 g/mol. The Kier molecular flexibility index (Phi) is 7.80. The minimum atomic E-state index is -2.42. The number of hydrogen-bond acceptors (Lipinski definition) is 3. The van der Waals surface area contributed by atoms with Gasteiger partial charge in [0.05, 0.1) is 18.8 Å². The lowest BCUT2D eigenvalue weighted by Crippen LogP contribution is -2.39. The van der Waals surface area contributed by atoms with E-state index < -0.39 is 13.0 Å². The lowest BCUT2D eigenvalue weighted by atomic mass is 10.4. The molecule has 0 aromatic carbocycles. The van der Waals surface area contributed by atoms with Crippen LogP contribution in [0.2, 0.25) is 0 Å². The van der Waals surface area contributed by atoms with Crippen molar-refractivity contribution in [2.24, 2.45) is 4.99 Å². The highest BCUT2D eigenvalue weighted by atomic mass is 127. The first-order valence-corrected chi connectivity index (χ1v) is 5.18. The molecule has 0 atom stereocenters.